The number of hydrogen-bond acceptors (Lipinski definition) is 3. The van der Waals surface area contributed by atoms with Gasteiger partial charge < -0.3 is 5.32 Å². The normalized spacial score (nSPS) is 13.0. The van der Waals surface area contributed by atoms with E-state index in [0.29, 0.717) is 12.1 Å². The third-order valence-corrected chi connectivity index (χ3v) is 4.74. The van der Waals surface area contributed by atoms with Crippen molar-refractivity contribution in [2.24, 2.45) is 0 Å². The Labute approximate surface area is 127 Å². The van der Waals surface area contributed by atoms with Crippen LogP contribution in [0, 0.1) is 6.92 Å². The molecule has 0 saturated heterocycles. The van der Waals surface area contributed by atoms with Gasteiger partial charge in [-0.25, -0.2) is 13.1 Å². The molecule has 0 fully saturated rings. The SMILES string of the molecule is CCC[C@@H](C)NC(=O)c1cc(S(=O)(=O)NCC)ccc1C. The predicted molar refractivity (Wildman–Crippen MR) is 83.9 cm³/mol. The smallest absolute Gasteiger partial charge is 0.251 e. The van der Waals surface area contributed by atoms with E-state index in [1.54, 1.807) is 19.9 Å². The monoisotopic (exact) mass is 312 g/mol. The maximum absolute atomic E-state index is 12.3. The lowest BCUT2D eigenvalue weighted by Crippen LogP contribution is -2.33. The van der Waals surface area contributed by atoms with Crippen LogP contribution in [-0.2, 0) is 10.0 Å². The Hall–Kier alpha value is -1.40. The minimum Gasteiger partial charge on any atom is -0.350 e. The molecule has 0 unspecified atom stereocenters. The van der Waals surface area contributed by atoms with Crippen molar-refractivity contribution in [3.05, 3.63) is 29.3 Å². The van der Waals surface area contributed by atoms with Crippen molar-refractivity contribution in [3.63, 3.8) is 0 Å². The summed E-state index contributed by atoms with van der Waals surface area (Å²) in [7, 11) is -3.55. The number of nitrogens with one attached hydrogen (secondary N) is 2. The van der Waals surface area contributed by atoms with Crippen molar-refractivity contribution in [3.8, 4) is 0 Å². The van der Waals surface area contributed by atoms with Gasteiger partial charge in [0.1, 0.15) is 0 Å². The molecule has 118 valence electrons. The third-order valence-electron chi connectivity index (χ3n) is 3.20. The molecule has 0 aromatic heterocycles. The molecule has 2 N–H and O–H groups in total. The number of rotatable bonds is 7. The lowest BCUT2D eigenvalue weighted by Gasteiger charge is -2.15. The molecule has 21 heavy (non-hydrogen) atoms. The van der Waals surface area contributed by atoms with Gasteiger partial charge in [0, 0.05) is 18.2 Å². The second kappa shape index (κ2) is 7.56. The molecule has 0 bridgehead atoms. The van der Waals surface area contributed by atoms with Crippen LogP contribution in [0.1, 0.15) is 49.5 Å². The van der Waals surface area contributed by atoms with Gasteiger partial charge in [0.25, 0.3) is 5.91 Å². The van der Waals surface area contributed by atoms with Gasteiger partial charge in [-0.15, -0.1) is 0 Å². The first kappa shape index (κ1) is 17.7. The van der Waals surface area contributed by atoms with Crippen LogP contribution in [0.15, 0.2) is 23.1 Å². The Balaban J connectivity index is 3.05. The molecular weight excluding hydrogens is 288 g/mol. The van der Waals surface area contributed by atoms with Gasteiger partial charge in [-0.05, 0) is 38.0 Å². The first-order valence-corrected chi connectivity index (χ1v) is 8.71. The first-order valence-electron chi connectivity index (χ1n) is 7.23. The van der Waals surface area contributed by atoms with Crippen molar-refractivity contribution in [2.45, 2.75) is 51.5 Å². The molecule has 5 nitrogen and oxygen atoms in total. The van der Waals surface area contributed by atoms with Crippen LogP contribution in [0.2, 0.25) is 0 Å². The predicted octanol–water partition coefficient (Wildman–Crippen LogP) is 2.21. The Morgan fingerprint density at radius 1 is 1.29 bits per heavy atom. The molecule has 1 amide bonds. The fourth-order valence-corrected chi connectivity index (χ4v) is 3.16. The summed E-state index contributed by atoms with van der Waals surface area (Å²) in [6.45, 7) is 7.81. The zero-order valence-corrected chi connectivity index (χ0v) is 13.9. The van der Waals surface area contributed by atoms with Crippen molar-refractivity contribution in [1.82, 2.24) is 10.0 Å². The molecule has 1 aromatic rings. The standard InChI is InChI=1S/C15H24N2O3S/c1-5-7-12(4)17-15(18)14-10-13(9-8-11(14)3)21(19,20)16-6-2/h8-10,12,16H,5-7H2,1-4H3,(H,17,18)/t12-/m1/s1. The number of amides is 1. The van der Waals surface area contributed by atoms with Crippen LogP contribution < -0.4 is 10.0 Å². The molecule has 0 aliphatic heterocycles. The molecule has 1 atom stereocenters. The summed E-state index contributed by atoms with van der Waals surface area (Å²) >= 11 is 0. The maximum atomic E-state index is 12.3. The number of carbonyl (C=O) groups excluding carboxylic acids is 1. The van der Waals surface area contributed by atoms with Crippen molar-refractivity contribution < 1.29 is 13.2 Å². The van der Waals surface area contributed by atoms with Gasteiger partial charge in [0.2, 0.25) is 10.0 Å². The summed E-state index contributed by atoms with van der Waals surface area (Å²) in [5, 5.41) is 2.89. The van der Waals surface area contributed by atoms with Gasteiger partial charge in [0.05, 0.1) is 4.90 Å². The minimum absolute atomic E-state index is 0.0657. The summed E-state index contributed by atoms with van der Waals surface area (Å²) in [6, 6.07) is 4.67. The number of benzene rings is 1. The molecule has 6 heteroatoms. The number of hydrogen-bond donors (Lipinski definition) is 2. The van der Waals surface area contributed by atoms with Crippen molar-refractivity contribution in [2.75, 3.05) is 6.54 Å². The Morgan fingerprint density at radius 2 is 1.95 bits per heavy atom. The van der Waals surface area contributed by atoms with Crippen molar-refractivity contribution >= 4 is 15.9 Å². The van der Waals surface area contributed by atoms with E-state index >= 15 is 0 Å². The second-order valence-corrected chi connectivity index (χ2v) is 6.91. The average Bonchev–Trinajstić information content (AvgIpc) is 2.38. The number of carbonyl (C=O) groups is 1. The Morgan fingerprint density at radius 3 is 2.52 bits per heavy atom. The molecule has 0 spiro atoms. The van der Waals surface area contributed by atoms with Crippen LogP contribution in [0.4, 0.5) is 0 Å². The second-order valence-electron chi connectivity index (χ2n) is 5.14. The van der Waals surface area contributed by atoms with Gasteiger partial charge in [0.15, 0.2) is 0 Å². The molecule has 1 rings (SSSR count). The maximum Gasteiger partial charge on any atom is 0.251 e. The van der Waals surface area contributed by atoms with Crippen LogP contribution >= 0.6 is 0 Å². The summed E-state index contributed by atoms with van der Waals surface area (Å²) in [5.74, 6) is -0.234. The van der Waals surface area contributed by atoms with E-state index in [4.69, 9.17) is 0 Å². The van der Waals surface area contributed by atoms with Crippen molar-refractivity contribution in [1.29, 1.82) is 0 Å². The van der Waals surface area contributed by atoms with Crippen LogP contribution in [-0.4, -0.2) is 26.9 Å². The molecule has 0 aliphatic carbocycles. The molecule has 0 aliphatic rings. The summed E-state index contributed by atoms with van der Waals surface area (Å²) in [4.78, 5) is 12.4. The van der Waals surface area contributed by atoms with E-state index in [9.17, 15) is 13.2 Å². The quantitative estimate of drug-likeness (QED) is 0.810. The fourth-order valence-electron chi connectivity index (χ4n) is 2.09. The zero-order valence-electron chi connectivity index (χ0n) is 13.1. The van der Waals surface area contributed by atoms with E-state index in [1.807, 2.05) is 6.92 Å². The van der Waals surface area contributed by atoms with Crippen LogP contribution in [0.5, 0.6) is 0 Å². The van der Waals surface area contributed by atoms with Gasteiger partial charge in [-0.1, -0.05) is 26.3 Å². The number of aryl methyl sites for hydroxylation is 1. The molecule has 0 saturated carbocycles. The Kier molecular flexibility index (Phi) is 6.36. The summed E-state index contributed by atoms with van der Waals surface area (Å²) < 4.78 is 26.4. The largest absolute Gasteiger partial charge is 0.350 e. The number of sulfonamides is 1. The topological polar surface area (TPSA) is 75.3 Å². The zero-order chi connectivity index (χ0) is 16.0. The Bertz CT molecular complexity index is 597. The van der Waals surface area contributed by atoms with E-state index in [-0.39, 0.29) is 16.8 Å². The highest BCUT2D eigenvalue weighted by Gasteiger charge is 2.18. The molecule has 0 radical (unpaired) electrons. The first-order chi connectivity index (χ1) is 9.81. The van der Waals surface area contributed by atoms with Crippen LogP contribution in [0.25, 0.3) is 0 Å². The minimum atomic E-state index is -3.55. The van der Waals surface area contributed by atoms with Gasteiger partial charge in [-0.2, -0.15) is 0 Å². The average molecular weight is 312 g/mol. The molecular formula is C15H24N2O3S. The molecule has 0 heterocycles. The summed E-state index contributed by atoms with van der Waals surface area (Å²) in [6.07, 6.45) is 1.87. The van der Waals surface area contributed by atoms with Crippen LogP contribution in [0.3, 0.4) is 0 Å². The highest BCUT2D eigenvalue weighted by Crippen LogP contribution is 2.16. The van der Waals surface area contributed by atoms with Gasteiger partial charge >= 0.3 is 0 Å². The van der Waals surface area contributed by atoms with E-state index in [1.165, 1.54) is 12.1 Å². The van der Waals surface area contributed by atoms with Gasteiger partial charge in [-0.3, -0.25) is 4.79 Å². The van der Waals surface area contributed by atoms with E-state index in [0.717, 1.165) is 18.4 Å². The molecule has 1 aromatic carbocycles. The lowest BCUT2D eigenvalue weighted by molar-refractivity contribution is 0.0937. The summed E-state index contributed by atoms with van der Waals surface area (Å²) in [5.41, 5.74) is 1.16. The third kappa shape index (κ3) is 4.82. The fraction of sp³-hybridized carbons (Fsp3) is 0.533. The lowest BCUT2D eigenvalue weighted by atomic mass is 10.1. The highest BCUT2D eigenvalue weighted by atomic mass is 32.2. The van der Waals surface area contributed by atoms with E-state index in [2.05, 4.69) is 17.0 Å². The van der Waals surface area contributed by atoms with E-state index < -0.39 is 10.0 Å². The highest BCUT2D eigenvalue weighted by molar-refractivity contribution is 7.89.